The molecule has 1 heterocycles. The first kappa shape index (κ1) is 13.5. The van der Waals surface area contributed by atoms with Crippen molar-refractivity contribution in [2.24, 2.45) is 0 Å². The van der Waals surface area contributed by atoms with Crippen LogP contribution >= 0.6 is 0 Å². The van der Waals surface area contributed by atoms with Gasteiger partial charge in [0.2, 0.25) is 11.8 Å². The second-order valence-electron chi connectivity index (χ2n) is 4.55. The molecule has 0 radical (unpaired) electrons. The predicted molar refractivity (Wildman–Crippen MR) is 70.5 cm³/mol. The largest absolute Gasteiger partial charge is 0.496 e. The Bertz CT molecular complexity index is 483. The lowest BCUT2D eigenvalue weighted by atomic mass is 10.1. The number of rotatable bonds is 5. The molecule has 5 heteroatoms. The molecule has 0 aliphatic carbocycles. The fourth-order valence-corrected chi connectivity index (χ4v) is 2.24. The topological polar surface area (TPSA) is 58.6 Å². The fraction of sp³-hybridized carbons (Fsp3) is 0.429. The van der Waals surface area contributed by atoms with Gasteiger partial charge in [0.25, 0.3) is 0 Å². The second-order valence-corrected chi connectivity index (χ2v) is 4.55. The molecule has 1 fully saturated rings. The summed E-state index contributed by atoms with van der Waals surface area (Å²) < 4.78 is 5.29. The van der Waals surface area contributed by atoms with Crippen molar-refractivity contribution in [3.05, 3.63) is 29.3 Å². The molecular formula is C14H18N2O3. The zero-order chi connectivity index (χ0) is 13.8. The molecule has 1 aliphatic heterocycles. The molecule has 1 aromatic carbocycles. The van der Waals surface area contributed by atoms with E-state index in [2.05, 4.69) is 5.32 Å². The van der Waals surface area contributed by atoms with E-state index in [1.54, 1.807) is 7.11 Å². The summed E-state index contributed by atoms with van der Waals surface area (Å²) >= 11 is 0. The lowest BCUT2D eigenvalue weighted by molar-refractivity contribution is -0.139. The molecule has 0 unspecified atom stereocenters. The van der Waals surface area contributed by atoms with E-state index in [9.17, 15) is 9.59 Å². The average molecular weight is 262 g/mol. The van der Waals surface area contributed by atoms with Gasteiger partial charge in [-0.05, 0) is 24.7 Å². The van der Waals surface area contributed by atoms with Gasteiger partial charge in [-0.1, -0.05) is 6.07 Å². The van der Waals surface area contributed by atoms with E-state index >= 15 is 0 Å². The number of nitrogens with zero attached hydrogens (tertiary/aromatic N) is 1. The third-order valence-electron chi connectivity index (χ3n) is 3.21. The first-order chi connectivity index (χ1) is 9.15. The molecule has 5 nitrogen and oxygen atoms in total. The van der Waals surface area contributed by atoms with E-state index < -0.39 is 0 Å². The summed E-state index contributed by atoms with van der Waals surface area (Å²) in [5.74, 6) is 0.490. The van der Waals surface area contributed by atoms with Crippen LogP contribution in [0.5, 0.6) is 5.75 Å². The number of carbonyl (C=O) groups is 2. The van der Waals surface area contributed by atoms with Crippen LogP contribution < -0.4 is 10.1 Å². The van der Waals surface area contributed by atoms with Crippen molar-refractivity contribution in [1.82, 2.24) is 10.2 Å². The molecule has 102 valence electrons. The SMILES string of the molecule is CNCc1ccc(OC)c(CN2C(=O)CCC2=O)c1. The molecular weight excluding hydrogens is 244 g/mol. The highest BCUT2D eigenvalue weighted by Crippen LogP contribution is 2.24. The Kier molecular flexibility index (Phi) is 4.16. The van der Waals surface area contributed by atoms with Gasteiger partial charge in [0, 0.05) is 24.9 Å². The van der Waals surface area contributed by atoms with Gasteiger partial charge in [0.1, 0.15) is 5.75 Å². The van der Waals surface area contributed by atoms with Crippen molar-refractivity contribution in [3.63, 3.8) is 0 Å². The number of hydrogen-bond acceptors (Lipinski definition) is 4. The lowest BCUT2D eigenvalue weighted by Crippen LogP contribution is -2.28. The summed E-state index contributed by atoms with van der Waals surface area (Å²) in [6.45, 7) is 1.03. The van der Waals surface area contributed by atoms with Gasteiger partial charge < -0.3 is 10.1 Å². The predicted octanol–water partition coefficient (Wildman–Crippen LogP) is 1.06. The van der Waals surface area contributed by atoms with Crippen LogP contribution in [-0.4, -0.2) is 30.9 Å². The number of imide groups is 1. The van der Waals surface area contributed by atoms with Gasteiger partial charge in [0.15, 0.2) is 0 Å². The number of likely N-dealkylation sites (tertiary alicyclic amines) is 1. The first-order valence-corrected chi connectivity index (χ1v) is 6.29. The molecule has 0 aromatic heterocycles. The van der Waals surface area contributed by atoms with Gasteiger partial charge in [-0.3, -0.25) is 14.5 Å². The van der Waals surface area contributed by atoms with Crippen molar-refractivity contribution < 1.29 is 14.3 Å². The van der Waals surface area contributed by atoms with Gasteiger partial charge in [-0.2, -0.15) is 0 Å². The summed E-state index contributed by atoms with van der Waals surface area (Å²) in [7, 11) is 3.46. The minimum absolute atomic E-state index is 0.105. The van der Waals surface area contributed by atoms with Crippen molar-refractivity contribution in [2.45, 2.75) is 25.9 Å². The van der Waals surface area contributed by atoms with E-state index in [1.807, 2.05) is 25.2 Å². The van der Waals surface area contributed by atoms with Gasteiger partial charge in [-0.15, -0.1) is 0 Å². The minimum Gasteiger partial charge on any atom is -0.496 e. The standard InChI is InChI=1S/C14H18N2O3/c1-15-8-10-3-4-12(19-2)11(7-10)9-16-13(17)5-6-14(16)18/h3-4,7,15H,5-6,8-9H2,1-2H3. The highest BCUT2D eigenvalue weighted by Gasteiger charge is 2.29. The van der Waals surface area contributed by atoms with E-state index in [1.165, 1.54) is 4.90 Å². The summed E-state index contributed by atoms with van der Waals surface area (Å²) in [5.41, 5.74) is 1.95. The summed E-state index contributed by atoms with van der Waals surface area (Å²) in [6, 6.07) is 5.80. The van der Waals surface area contributed by atoms with E-state index in [0.717, 1.165) is 17.7 Å². The highest BCUT2D eigenvalue weighted by atomic mass is 16.5. The first-order valence-electron chi connectivity index (χ1n) is 6.29. The maximum atomic E-state index is 11.7. The van der Waals surface area contributed by atoms with Crippen LogP contribution in [0.2, 0.25) is 0 Å². The Morgan fingerprint density at radius 1 is 1.26 bits per heavy atom. The molecule has 0 saturated carbocycles. The van der Waals surface area contributed by atoms with Crippen LogP contribution in [0.3, 0.4) is 0 Å². The average Bonchev–Trinajstić information content (AvgIpc) is 2.71. The molecule has 1 aromatic rings. The Labute approximate surface area is 112 Å². The molecule has 1 saturated heterocycles. The van der Waals surface area contributed by atoms with Crippen molar-refractivity contribution in [1.29, 1.82) is 0 Å². The summed E-state index contributed by atoms with van der Waals surface area (Å²) in [4.78, 5) is 24.6. The van der Waals surface area contributed by atoms with E-state index in [4.69, 9.17) is 4.74 Å². The molecule has 1 aliphatic rings. The van der Waals surface area contributed by atoms with E-state index in [-0.39, 0.29) is 11.8 Å². The maximum absolute atomic E-state index is 11.7. The van der Waals surface area contributed by atoms with Crippen LogP contribution in [0.4, 0.5) is 0 Å². The smallest absolute Gasteiger partial charge is 0.230 e. The Morgan fingerprint density at radius 2 is 1.95 bits per heavy atom. The zero-order valence-electron chi connectivity index (χ0n) is 11.2. The zero-order valence-corrected chi connectivity index (χ0v) is 11.2. The molecule has 19 heavy (non-hydrogen) atoms. The normalized spacial score (nSPS) is 15.2. The Hall–Kier alpha value is -1.88. The number of carbonyl (C=O) groups excluding carboxylic acids is 2. The van der Waals surface area contributed by atoms with Crippen LogP contribution in [0.25, 0.3) is 0 Å². The van der Waals surface area contributed by atoms with Crippen LogP contribution in [0.1, 0.15) is 24.0 Å². The monoisotopic (exact) mass is 262 g/mol. The number of hydrogen-bond donors (Lipinski definition) is 1. The van der Waals surface area contributed by atoms with Crippen LogP contribution in [0.15, 0.2) is 18.2 Å². The number of ether oxygens (including phenoxy) is 1. The summed E-state index contributed by atoms with van der Waals surface area (Å²) in [6.07, 6.45) is 0.634. The van der Waals surface area contributed by atoms with Crippen molar-refractivity contribution in [2.75, 3.05) is 14.2 Å². The third-order valence-corrected chi connectivity index (χ3v) is 3.21. The van der Waals surface area contributed by atoms with E-state index in [0.29, 0.717) is 25.1 Å². The van der Waals surface area contributed by atoms with Gasteiger partial charge >= 0.3 is 0 Å². The highest BCUT2D eigenvalue weighted by molar-refractivity contribution is 6.01. The fourth-order valence-electron chi connectivity index (χ4n) is 2.24. The Balaban J connectivity index is 2.24. The van der Waals surface area contributed by atoms with Crippen molar-refractivity contribution >= 4 is 11.8 Å². The molecule has 1 N–H and O–H groups in total. The number of methoxy groups -OCH3 is 1. The molecule has 0 bridgehead atoms. The number of benzene rings is 1. The minimum atomic E-state index is -0.105. The second kappa shape index (κ2) is 5.84. The maximum Gasteiger partial charge on any atom is 0.230 e. The quantitative estimate of drug-likeness (QED) is 0.806. The molecule has 0 atom stereocenters. The van der Waals surface area contributed by atoms with Gasteiger partial charge in [-0.25, -0.2) is 0 Å². The lowest BCUT2D eigenvalue weighted by Gasteiger charge is -2.17. The van der Waals surface area contributed by atoms with Gasteiger partial charge in [0.05, 0.1) is 13.7 Å². The summed E-state index contributed by atoms with van der Waals surface area (Å²) in [5, 5.41) is 3.07. The Morgan fingerprint density at radius 3 is 2.53 bits per heavy atom. The molecule has 2 rings (SSSR count). The van der Waals surface area contributed by atoms with Crippen molar-refractivity contribution in [3.8, 4) is 5.75 Å². The third kappa shape index (κ3) is 2.93. The number of nitrogens with one attached hydrogen (secondary N) is 1. The number of amides is 2. The molecule has 2 amide bonds. The van der Waals surface area contributed by atoms with Crippen LogP contribution in [-0.2, 0) is 22.7 Å². The van der Waals surface area contributed by atoms with Crippen LogP contribution in [0, 0.1) is 0 Å². The molecule has 0 spiro atoms.